The van der Waals surface area contributed by atoms with Crippen molar-refractivity contribution in [1.29, 1.82) is 0 Å². The van der Waals surface area contributed by atoms with Crippen LogP contribution in [-0.2, 0) is 6.61 Å². The minimum Gasteiger partial charge on any atom is -0.470 e. The lowest BCUT2D eigenvalue weighted by atomic mass is 10.3. The summed E-state index contributed by atoms with van der Waals surface area (Å²) in [6, 6.07) is 3.67. The van der Waals surface area contributed by atoms with Gasteiger partial charge in [-0.3, -0.25) is 0 Å². The van der Waals surface area contributed by atoms with Crippen molar-refractivity contribution in [3.8, 4) is 5.88 Å². The third-order valence-electron chi connectivity index (χ3n) is 3.08. The predicted octanol–water partition coefficient (Wildman–Crippen LogP) is 0.504. The molecule has 0 aromatic carbocycles. The van der Waals surface area contributed by atoms with Crippen molar-refractivity contribution in [2.24, 2.45) is 0 Å². The second-order valence-electron chi connectivity index (χ2n) is 4.51. The Kier molecular flexibility index (Phi) is 3.93. The predicted molar refractivity (Wildman–Crippen MR) is 78.0 cm³/mol. The van der Waals surface area contributed by atoms with Crippen LogP contribution >= 0.6 is 11.7 Å². The van der Waals surface area contributed by atoms with Gasteiger partial charge < -0.3 is 20.7 Å². The smallest absolute Gasteiger partial charge is 0.271 e. The lowest BCUT2D eigenvalue weighted by molar-refractivity contribution is 0.296. The van der Waals surface area contributed by atoms with Gasteiger partial charge in [0.25, 0.3) is 5.88 Å². The number of piperazine rings is 1. The van der Waals surface area contributed by atoms with Crippen molar-refractivity contribution < 1.29 is 4.74 Å². The highest BCUT2D eigenvalue weighted by atomic mass is 32.1. The molecule has 0 bridgehead atoms. The normalized spacial score (nSPS) is 15.3. The van der Waals surface area contributed by atoms with Crippen molar-refractivity contribution in [3.63, 3.8) is 0 Å². The Morgan fingerprint density at radius 2 is 2.20 bits per heavy atom. The molecule has 2 aromatic heterocycles. The minimum atomic E-state index is 0.414. The molecule has 20 heavy (non-hydrogen) atoms. The Morgan fingerprint density at radius 1 is 1.35 bits per heavy atom. The van der Waals surface area contributed by atoms with Crippen LogP contribution in [0.15, 0.2) is 18.3 Å². The van der Waals surface area contributed by atoms with E-state index < -0.39 is 0 Å². The summed E-state index contributed by atoms with van der Waals surface area (Å²) < 4.78 is 14.3. The van der Waals surface area contributed by atoms with Gasteiger partial charge in [-0.25, -0.2) is 4.98 Å². The SMILES string of the molecule is Nc1cc(COc2nsnc2N2CCNCC2)ccn1. The van der Waals surface area contributed by atoms with Crippen LogP contribution in [0.3, 0.4) is 0 Å². The van der Waals surface area contributed by atoms with E-state index in [4.69, 9.17) is 10.5 Å². The molecular weight excluding hydrogens is 276 g/mol. The zero-order valence-corrected chi connectivity index (χ0v) is 11.8. The zero-order valence-electron chi connectivity index (χ0n) is 11.0. The van der Waals surface area contributed by atoms with Gasteiger partial charge >= 0.3 is 0 Å². The van der Waals surface area contributed by atoms with Gasteiger partial charge in [-0.15, -0.1) is 4.37 Å². The standard InChI is InChI=1S/C12H16N6OS/c13-10-7-9(1-2-15-10)8-19-12-11(16-20-17-12)18-5-3-14-4-6-18/h1-2,7,14H,3-6,8H2,(H2,13,15). The maximum absolute atomic E-state index is 5.76. The molecule has 0 unspecified atom stereocenters. The number of nitrogens with zero attached hydrogens (tertiary/aromatic N) is 4. The summed E-state index contributed by atoms with van der Waals surface area (Å²) in [6.45, 7) is 4.17. The number of nitrogens with one attached hydrogen (secondary N) is 1. The summed E-state index contributed by atoms with van der Waals surface area (Å²) in [5.74, 6) is 1.91. The lowest BCUT2D eigenvalue weighted by Gasteiger charge is -2.27. The van der Waals surface area contributed by atoms with Gasteiger partial charge in [0, 0.05) is 32.4 Å². The Balaban J connectivity index is 1.67. The van der Waals surface area contributed by atoms with Crippen LogP contribution < -0.4 is 20.7 Å². The maximum atomic E-state index is 5.76. The molecule has 0 aliphatic carbocycles. The molecule has 1 aliphatic rings. The first kappa shape index (κ1) is 13.1. The summed E-state index contributed by atoms with van der Waals surface area (Å²) in [7, 11) is 0. The first-order chi connectivity index (χ1) is 9.83. The molecule has 3 heterocycles. The summed E-state index contributed by atoms with van der Waals surface area (Å²) in [5.41, 5.74) is 6.62. The van der Waals surface area contributed by atoms with E-state index in [-0.39, 0.29) is 0 Å². The molecule has 8 heteroatoms. The molecule has 106 valence electrons. The van der Waals surface area contributed by atoms with Crippen LogP contribution in [-0.4, -0.2) is 39.9 Å². The third-order valence-corrected chi connectivity index (χ3v) is 3.58. The fraction of sp³-hybridized carbons (Fsp3) is 0.417. The van der Waals surface area contributed by atoms with E-state index in [0.29, 0.717) is 18.3 Å². The number of nitrogens with two attached hydrogens (primary N) is 1. The molecule has 3 rings (SSSR count). The molecule has 1 saturated heterocycles. The van der Waals surface area contributed by atoms with E-state index in [1.807, 2.05) is 6.07 Å². The summed E-state index contributed by atoms with van der Waals surface area (Å²) in [5, 5.41) is 3.31. The molecule has 0 spiro atoms. The van der Waals surface area contributed by atoms with E-state index in [0.717, 1.165) is 37.6 Å². The number of hydrogen-bond donors (Lipinski definition) is 2. The average Bonchev–Trinajstić information content (AvgIpc) is 2.95. The first-order valence-electron chi connectivity index (χ1n) is 6.44. The zero-order chi connectivity index (χ0) is 13.8. The maximum Gasteiger partial charge on any atom is 0.271 e. The highest BCUT2D eigenvalue weighted by Gasteiger charge is 2.19. The lowest BCUT2D eigenvalue weighted by Crippen LogP contribution is -2.43. The number of pyridine rings is 1. The van der Waals surface area contributed by atoms with Crippen molar-refractivity contribution >= 4 is 23.4 Å². The molecular formula is C12H16N6OS. The number of aromatic nitrogens is 3. The average molecular weight is 292 g/mol. The fourth-order valence-corrected chi connectivity index (χ4v) is 2.59. The molecule has 1 fully saturated rings. The molecule has 2 aromatic rings. The van der Waals surface area contributed by atoms with Crippen LogP contribution in [0.1, 0.15) is 5.56 Å². The van der Waals surface area contributed by atoms with E-state index in [9.17, 15) is 0 Å². The molecule has 0 radical (unpaired) electrons. The van der Waals surface area contributed by atoms with E-state index in [1.54, 1.807) is 12.3 Å². The van der Waals surface area contributed by atoms with Crippen molar-refractivity contribution in [1.82, 2.24) is 19.0 Å². The van der Waals surface area contributed by atoms with Crippen LogP contribution in [0.2, 0.25) is 0 Å². The molecule has 0 amide bonds. The number of rotatable bonds is 4. The van der Waals surface area contributed by atoms with Crippen molar-refractivity contribution in [2.75, 3.05) is 36.8 Å². The van der Waals surface area contributed by atoms with Gasteiger partial charge in [0.15, 0.2) is 0 Å². The molecule has 3 N–H and O–H groups in total. The van der Waals surface area contributed by atoms with E-state index in [1.165, 1.54) is 11.7 Å². The van der Waals surface area contributed by atoms with Gasteiger partial charge in [0.2, 0.25) is 5.82 Å². The Bertz CT molecular complexity index is 569. The van der Waals surface area contributed by atoms with Gasteiger partial charge in [-0.2, -0.15) is 4.37 Å². The second-order valence-corrected chi connectivity index (χ2v) is 5.04. The number of hydrogen-bond acceptors (Lipinski definition) is 8. The van der Waals surface area contributed by atoms with Crippen molar-refractivity contribution in [2.45, 2.75) is 6.61 Å². The van der Waals surface area contributed by atoms with Gasteiger partial charge in [0.05, 0.1) is 11.7 Å². The quantitative estimate of drug-likeness (QED) is 0.848. The Hall–Kier alpha value is -1.93. The van der Waals surface area contributed by atoms with Crippen LogP contribution in [0, 0.1) is 0 Å². The van der Waals surface area contributed by atoms with Gasteiger partial charge in [-0.05, 0) is 17.7 Å². The van der Waals surface area contributed by atoms with Gasteiger partial charge in [0.1, 0.15) is 12.4 Å². The molecule has 0 saturated carbocycles. The van der Waals surface area contributed by atoms with Gasteiger partial charge in [-0.1, -0.05) is 0 Å². The first-order valence-corrected chi connectivity index (χ1v) is 7.17. The fourth-order valence-electron chi connectivity index (χ4n) is 2.07. The Labute approximate surface area is 121 Å². The third kappa shape index (κ3) is 2.97. The van der Waals surface area contributed by atoms with Crippen LogP contribution in [0.4, 0.5) is 11.6 Å². The van der Waals surface area contributed by atoms with Crippen molar-refractivity contribution in [3.05, 3.63) is 23.9 Å². The monoisotopic (exact) mass is 292 g/mol. The number of anilines is 2. The summed E-state index contributed by atoms with van der Waals surface area (Å²) >= 11 is 1.17. The highest BCUT2D eigenvalue weighted by Crippen LogP contribution is 2.26. The Morgan fingerprint density at radius 3 is 3.00 bits per heavy atom. The summed E-state index contributed by atoms with van der Waals surface area (Å²) in [4.78, 5) is 6.15. The minimum absolute atomic E-state index is 0.414. The molecule has 7 nitrogen and oxygen atoms in total. The molecule has 1 aliphatic heterocycles. The van der Waals surface area contributed by atoms with E-state index in [2.05, 4.69) is 23.9 Å². The number of nitrogen functional groups attached to an aromatic ring is 1. The van der Waals surface area contributed by atoms with Crippen LogP contribution in [0.25, 0.3) is 0 Å². The highest BCUT2D eigenvalue weighted by molar-refractivity contribution is 6.99. The molecule has 0 atom stereocenters. The summed E-state index contributed by atoms with van der Waals surface area (Å²) in [6.07, 6.45) is 1.67. The largest absolute Gasteiger partial charge is 0.470 e. The topological polar surface area (TPSA) is 89.2 Å². The second kappa shape index (κ2) is 6.02. The van der Waals surface area contributed by atoms with E-state index >= 15 is 0 Å². The van der Waals surface area contributed by atoms with Crippen LogP contribution in [0.5, 0.6) is 5.88 Å². The number of ether oxygens (including phenoxy) is 1.